The Kier molecular flexibility index (Phi) is 68.1. The molecule has 98 heavy (non-hydrogen) atoms. The zero-order valence-corrected chi connectivity index (χ0v) is 66.0. The Morgan fingerprint density at radius 3 is 0.694 bits per heavy atom. The number of hydrogen-bond acceptors (Lipinski definition) is 15. The van der Waals surface area contributed by atoms with Crippen molar-refractivity contribution < 1.29 is 80.2 Å². The normalized spacial score (nSPS) is 14.0. The van der Waals surface area contributed by atoms with Gasteiger partial charge in [-0.1, -0.05) is 357 Å². The zero-order valence-electron chi connectivity index (χ0n) is 64.3. The smallest absolute Gasteiger partial charge is 0.462 e. The van der Waals surface area contributed by atoms with Gasteiger partial charge in [-0.3, -0.25) is 37.3 Å². The Labute approximate surface area is 600 Å². The lowest BCUT2D eigenvalue weighted by Gasteiger charge is -2.21. The van der Waals surface area contributed by atoms with Crippen molar-refractivity contribution in [1.82, 2.24) is 0 Å². The molecule has 0 saturated carbocycles. The van der Waals surface area contributed by atoms with E-state index in [4.69, 9.17) is 37.0 Å². The van der Waals surface area contributed by atoms with Gasteiger partial charge in [0.25, 0.3) is 0 Å². The Hall–Kier alpha value is -1.94. The average Bonchev–Trinajstić information content (AvgIpc) is 1.85. The molecule has 0 aliphatic heterocycles. The SMILES string of the molecule is CCCCCCCCCCCCCCCCCCC(=O)OC[C@H](COP(=O)(O)OC[C@@H](O)COP(=O)(O)OC[C@@H](COC(=O)CCCCCCCCCCCC(C)C)OC(=O)CCCCCCCCCCCC(C)C)OC(=O)CCCCCCCCCCCCCCCCCC(C)C. The summed E-state index contributed by atoms with van der Waals surface area (Å²) >= 11 is 0. The number of aliphatic hydroxyl groups excluding tert-OH is 1. The zero-order chi connectivity index (χ0) is 72.3. The summed E-state index contributed by atoms with van der Waals surface area (Å²) in [6, 6.07) is 0. The molecule has 2 unspecified atom stereocenters. The largest absolute Gasteiger partial charge is 0.472 e. The Morgan fingerprint density at radius 2 is 0.469 bits per heavy atom. The minimum atomic E-state index is -4.96. The van der Waals surface area contributed by atoms with E-state index in [2.05, 4.69) is 48.5 Å². The molecule has 19 heteroatoms. The first kappa shape index (κ1) is 96.1. The van der Waals surface area contributed by atoms with Crippen LogP contribution in [0.5, 0.6) is 0 Å². The van der Waals surface area contributed by atoms with Crippen molar-refractivity contribution >= 4 is 39.5 Å². The number of rotatable bonds is 77. The van der Waals surface area contributed by atoms with Crippen LogP contribution in [0.25, 0.3) is 0 Å². The molecule has 5 atom stereocenters. The highest BCUT2D eigenvalue weighted by atomic mass is 31.2. The number of esters is 4. The Balaban J connectivity index is 5.25. The van der Waals surface area contributed by atoms with Crippen molar-refractivity contribution in [2.45, 2.75) is 426 Å². The first-order valence-corrected chi connectivity index (χ1v) is 43.8. The fourth-order valence-corrected chi connectivity index (χ4v) is 13.7. The number of aliphatic hydroxyl groups is 1. The van der Waals surface area contributed by atoms with Crippen LogP contribution >= 0.6 is 15.6 Å². The van der Waals surface area contributed by atoms with Gasteiger partial charge in [-0.25, -0.2) is 9.13 Å². The molecule has 0 fully saturated rings. The number of phosphoric acid groups is 2. The fraction of sp³-hybridized carbons (Fsp3) is 0.949. The van der Waals surface area contributed by atoms with Crippen molar-refractivity contribution in [3.63, 3.8) is 0 Å². The maximum absolute atomic E-state index is 13.1. The first-order chi connectivity index (χ1) is 47.2. The molecule has 0 aromatic carbocycles. The third-order valence-corrected chi connectivity index (χ3v) is 20.3. The average molecular weight is 1440 g/mol. The van der Waals surface area contributed by atoms with Crippen LogP contribution in [0.3, 0.4) is 0 Å². The Morgan fingerprint density at radius 1 is 0.276 bits per heavy atom. The summed E-state index contributed by atoms with van der Waals surface area (Å²) < 4.78 is 68.7. The van der Waals surface area contributed by atoms with E-state index in [0.717, 1.165) is 108 Å². The summed E-state index contributed by atoms with van der Waals surface area (Å²) in [5, 5.41) is 10.6. The van der Waals surface area contributed by atoms with Crippen molar-refractivity contribution in [1.29, 1.82) is 0 Å². The van der Waals surface area contributed by atoms with Gasteiger partial charge in [0, 0.05) is 25.7 Å². The summed E-state index contributed by atoms with van der Waals surface area (Å²) in [5.41, 5.74) is 0. The summed E-state index contributed by atoms with van der Waals surface area (Å²) in [6.07, 6.45) is 56.9. The minimum Gasteiger partial charge on any atom is -0.462 e. The van der Waals surface area contributed by atoms with Crippen molar-refractivity contribution in [3.8, 4) is 0 Å². The second-order valence-electron chi connectivity index (χ2n) is 29.9. The fourth-order valence-electron chi connectivity index (χ4n) is 12.1. The van der Waals surface area contributed by atoms with Crippen LogP contribution in [-0.4, -0.2) is 96.7 Å². The second-order valence-corrected chi connectivity index (χ2v) is 32.8. The number of ether oxygens (including phenoxy) is 4. The maximum atomic E-state index is 13.1. The highest BCUT2D eigenvalue weighted by Gasteiger charge is 2.30. The van der Waals surface area contributed by atoms with Crippen LogP contribution in [0.2, 0.25) is 0 Å². The predicted molar refractivity (Wildman–Crippen MR) is 400 cm³/mol. The van der Waals surface area contributed by atoms with E-state index in [1.165, 1.54) is 218 Å². The van der Waals surface area contributed by atoms with Crippen molar-refractivity contribution in [3.05, 3.63) is 0 Å². The summed E-state index contributed by atoms with van der Waals surface area (Å²) in [5.74, 6) is 0.169. The molecular weight excluding hydrogens is 1280 g/mol. The molecule has 3 N–H and O–H groups in total. The standard InChI is InChI=1S/C79H154O17P2/c1-8-9-10-11-12-13-14-15-16-19-22-25-32-39-46-53-60-76(81)89-66-74(95-78(83)62-55-48-41-33-26-23-20-17-18-21-24-29-36-43-50-57-70(2)3)68-93-97(85,86)91-64-73(80)65-92-98(87,88)94-69-75(96-79(84)63-56-49-42-35-28-31-38-45-52-59-72(6)7)67-90-77(82)61-54-47-40-34-27-30-37-44-51-58-71(4)5/h70-75,80H,8-69H2,1-7H3,(H,85,86)(H,87,88)/t73-,74-,75-/m1/s1. The van der Waals surface area contributed by atoms with Crippen LogP contribution in [0.1, 0.15) is 408 Å². The van der Waals surface area contributed by atoms with Gasteiger partial charge in [0.1, 0.15) is 19.3 Å². The molecule has 0 aliphatic rings. The number of unbranched alkanes of at least 4 members (excludes halogenated alkanes) is 45. The van der Waals surface area contributed by atoms with E-state index in [-0.39, 0.29) is 25.7 Å². The highest BCUT2D eigenvalue weighted by Crippen LogP contribution is 2.45. The third-order valence-electron chi connectivity index (χ3n) is 18.4. The number of carbonyl (C=O) groups is 4. The lowest BCUT2D eigenvalue weighted by atomic mass is 10.0. The lowest BCUT2D eigenvalue weighted by Crippen LogP contribution is -2.30. The van der Waals surface area contributed by atoms with Crippen molar-refractivity contribution in [2.24, 2.45) is 17.8 Å². The maximum Gasteiger partial charge on any atom is 0.472 e. The molecule has 0 rings (SSSR count). The summed E-state index contributed by atoms with van der Waals surface area (Å²) in [4.78, 5) is 73.0. The van der Waals surface area contributed by atoms with E-state index in [9.17, 15) is 43.2 Å². The van der Waals surface area contributed by atoms with Gasteiger partial charge in [0.2, 0.25) is 0 Å². The second kappa shape index (κ2) is 69.4. The molecule has 0 aromatic rings. The predicted octanol–water partition coefficient (Wildman–Crippen LogP) is 23.4. The number of hydrogen-bond donors (Lipinski definition) is 3. The van der Waals surface area contributed by atoms with E-state index < -0.39 is 97.5 Å². The van der Waals surface area contributed by atoms with Gasteiger partial charge in [-0.2, -0.15) is 0 Å². The summed E-state index contributed by atoms with van der Waals surface area (Å²) in [6.45, 7) is 11.9. The van der Waals surface area contributed by atoms with E-state index in [0.29, 0.717) is 25.7 Å². The molecule has 0 aliphatic carbocycles. The third kappa shape index (κ3) is 72.4. The first-order valence-electron chi connectivity index (χ1n) is 40.8. The van der Waals surface area contributed by atoms with E-state index in [1.807, 2.05) is 0 Å². The molecular formula is C79H154O17P2. The van der Waals surface area contributed by atoms with Gasteiger partial charge < -0.3 is 33.8 Å². The van der Waals surface area contributed by atoms with Crippen LogP contribution in [-0.2, 0) is 65.4 Å². The van der Waals surface area contributed by atoms with Crippen LogP contribution in [0, 0.1) is 17.8 Å². The van der Waals surface area contributed by atoms with Gasteiger partial charge in [-0.15, -0.1) is 0 Å². The topological polar surface area (TPSA) is 237 Å². The minimum absolute atomic E-state index is 0.105. The molecule has 582 valence electrons. The highest BCUT2D eigenvalue weighted by molar-refractivity contribution is 7.47. The molecule has 0 radical (unpaired) electrons. The van der Waals surface area contributed by atoms with Crippen LogP contribution in [0.4, 0.5) is 0 Å². The monoisotopic (exact) mass is 1440 g/mol. The van der Waals surface area contributed by atoms with Crippen molar-refractivity contribution in [2.75, 3.05) is 39.6 Å². The van der Waals surface area contributed by atoms with E-state index >= 15 is 0 Å². The molecule has 0 bridgehead atoms. The lowest BCUT2D eigenvalue weighted by molar-refractivity contribution is -0.161. The molecule has 0 spiro atoms. The van der Waals surface area contributed by atoms with Gasteiger partial charge in [0.05, 0.1) is 26.4 Å². The quantitative estimate of drug-likeness (QED) is 0.0222. The number of phosphoric ester groups is 2. The molecule has 0 amide bonds. The summed E-state index contributed by atoms with van der Waals surface area (Å²) in [7, 11) is -9.92. The molecule has 0 heterocycles. The number of carbonyl (C=O) groups excluding carboxylic acids is 4. The molecule has 0 aromatic heterocycles. The van der Waals surface area contributed by atoms with Gasteiger partial charge in [-0.05, 0) is 43.4 Å². The molecule has 0 saturated heterocycles. The van der Waals surface area contributed by atoms with Gasteiger partial charge >= 0.3 is 39.5 Å². The Bertz CT molecular complexity index is 1900. The van der Waals surface area contributed by atoms with Crippen LogP contribution in [0.15, 0.2) is 0 Å². The van der Waals surface area contributed by atoms with Gasteiger partial charge in [0.15, 0.2) is 12.2 Å². The van der Waals surface area contributed by atoms with E-state index in [1.54, 1.807) is 0 Å². The van der Waals surface area contributed by atoms with Crippen LogP contribution < -0.4 is 0 Å². The molecule has 17 nitrogen and oxygen atoms in total.